The van der Waals surface area contributed by atoms with E-state index in [1.165, 1.54) is 0 Å². The molecule has 0 amide bonds. The minimum absolute atomic E-state index is 0.221. The molecule has 1 aromatic carbocycles. The van der Waals surface area contributed by atoms with E-state index in [2.05, 4.69) is 0 Å². The minimum atomic E-state index is -1.26. The Morgan fingerprint density at radius 1 is 0.929 bits per heavy atom. The van der Waals surface area contributed by atoms with Gasteiger partial charge in [0.1, 0.15) is 0 Å². The van der Waals surface area contributed by atoms with Crippen molar-refractivity contribution in [2.24, 2.45) is 0 Å². The van der Waals surface area contributed by atoms with Gasteiger partial charge >= 0.3 is 11.9 Å². The molecule has 0 saturated heterocycles. The Morgan fingerprint density at radius 2 is 1.21 bits per heavy atom. The van der Waals surface area contributed by atoms with Crippen molar-refractivity contribution in [3.8, 4) is 0 Å². The zero-order valence-corrected chi connectivity index (χ0v) is 8.13. The van der Waals surface area contributed by atoms with Crippen LogP contribution >= 0.6 is 23.2 Å². The molecule has 0 spiro atoms. The summed E-state index contributed by atoms with van der Waals surface area (Å²) in [5.74, 6) is -2.51. The monoisotopic (exact) mass is 234 g/mol. The number of rotatable bonds is 2. The number of carboxylic acid groups (broad SMARTS) is 2. The summed E-state index contributed by atoms with van der Waals surface area (Å²) >= 11 is 11.1. The molecule has 14 heavy (non-hydrogen) atoms. The molecule has 0 heterocycles. The minimum Gasteiger partial charge on any atom is -0.478 e. The van der Waals surface area contributed by atoms with E-state index in [-0.39, 0.29) is 21.2 Å². The van der Waals surface area contributed by atoms with E-state index in [4.69, 9.17) is 33.4 Å². The molecule has 0 aromatic heterocycles. The van der Waals surface area contributed by atoms with Crippen LogP contribution in [0.4, 0.5) is 0 Å². The lowest BCUT2D eigenvalue weighted by Gasteiger charge is -2.03. The molecule has 0 unspecified atom stereocenters. The molecular weight excluding hydrogens is 231 g/mol. The fraction of sp³-hybridized carbons (Fsp3) is 0. The Balaban J connectivity index is 3.41. The first-order valence-corrected chi connectivity index (χ1v) is 4.15. The average molecular weight is 235 g/mol. The fourth-order valence-corrected chi connectivity index (χ4v) is 1.37. The van der Waals surface area contributed by atoms with E-state index in [1.807, 2.05) is 0 Å². The quantitative estimate of drug-likeness (QED) is 0.825. The van der Waals surface area contributed by atoms with E-state index in [9.17, 15) is 9.59 Å². The molecule has 0 bridgehead atoms. The Bertz CT molecular complexity index is 375. The van der Waals surface area contributed by atoms with Gasteiger partial charge in [-0.3, -0.25) is 0 Å². The van der Waals surface area contributed by atoms with Gasteiger partial charge in [0.05, 0.1) is 21.2 Å². The molecule has 6 heteroatoms. The maximum absolute atomic E-state index is 10.6. The van der Waals surface area contributed by atoms with Crippen molar-refractivity contribution in [3.05, 3.63) is 33.3 Å². The van der Waals surface area contributed by atoms with Gasteiger partial charge in [0, 0.05) is 0 Å². The number of hydrogen-bond donors (Lipinski definition) is 2. The molecule has 0 fully saturated rings. The highest BCUT2D eigenvalue weighted by atomic mass is 35.5. The van der Waals surface area contributed by atoms with Crippen molar-refractivity contribution >= 4 is 35.1 Å². The fourth-order valence-electron chi connectivity index (χ4n) is 0.880. The summed E-state index contributed by atoms with van der Waals surface area (Å²) in [6, 6.07) is 2.19. The summed E-state index contributed by atoms with van der Waals surface area (Å²) in [6.45, 7) is 0. The topological polar surface area (TPSA) is 74.6 Å². The van der Waals surface area contributed by atoms with Crippen molar-refractivity contribution in [2.45, 2.75) is 0 Å². The third-order valence-electron chi connectivity index (χ3n) is 1.54. The first-order valence-electron chi connectivity index (χ1n) is 3.39. The summed E-state index contributed by atoms with van der Waals surface area (Å²) in [6.07, 6.45) is 0. The van der Waals surface area contributed by atoms with Gasteiger partial charge in [-0.1, -0.05) is 23.2 Å². The lowest BCUT2D eigenvalue weighted by Crippen LogP contribution is -2.03. The molecule has 0 radical (unpaired) electrons. The average Bonchev–Trinajstić information content (AvgIpc) is 2.08. The van der Waals surface area contributed by atoms with E-state index in [1.54, 1.807) is 0 Å². The SMILES string of the molecule is O=C(O)c1ccc(C(=O)O)c(Cl)c1Cl. The summed E-state index contributed by atoms with van der Waals surface area (Å²) < 4.78 is 0. The second kappa shape index (κ2) is 3.86. The maximum Gasteiger partial charge on any atom is 0.337 e. The third kappa shape index (κ3) is 1.81. The van der Waals surface area contributed by atoms with Gasteiger partial charge in [-0.05, 0) is 12.1 Å². The number of benzene rings is 1. The Labute approximate surface area is 88.7 Å². The van der Waals surface area contributed by atoms with E-state index in [0.717, 1.165) is 12.1 Å². The van der Waals surface area contributed by atoms with Crippen LogP contribution in [0.15, 0.2) is 12.1 Å². The molecule has 0 aliphatic rings. The standard InChI is InChI=1S/C8H4Cl2O4/c9-5-3(7(11)12)1-2-4(6(5)10)8(13)14/h1-2H,(H,11,12)(H,13,14). The van der Waals surface area contributed by atoms with Crippen LogP contribution < -0.4 is 0 Å². The number of aromatic carboxylic acids is 2. The second-order valence-corrected chi connectivity index (χ2v) is 3.15. The first-order chi connectivity index (χ1) is 6.45. The van der Waals surface area contributed by atoms with Gasteiger partial charge in [-0.15, -0.1) is 0 Å². The summed E-state index contributed by atoms with van der Waals surface area (Å²) in [7, 11) is 0. The summed E-state index contributed by atoms with van der Waals surface area (Å²) in [5, 5.41) is 16.7. The van der Waals surface area contributed by atoms with Gasteiger partial charge in [0.25, 0.3) is 0 Å². The molecule has 1 aromatic rings. The van der Waals surface area contributed by atoms with Gasteiger partial charge in [0.2, 0.25) is 0 Å². The molecule has 0 atom stereocenters. The third-order valence-corrected chi connectivity index (χ3v) is 2.43. The van der Waals surface area contributed by atoms with Crippen LogP contribution in [0.3, 0.4) is 0 Å². The van der Waals surface area contributed by atoms with Crippen LogP contribution in [-0.4, -0.2) is 22.2 Å². The van der Waals surface area contributed by atoms with Gasteiger partial charge < -0.3 is 10.2 Å². The molecule has 0 aliphatic heterocycles. The van der Waals surface area contributed by atoms with Crippen LogP contribution in [0.1, 0.15) is 20.7 Å². The van der Waals surface area contributed by atoms with Crippen molar-refractivity contribution in [2.75, 3.05) is 0 Å². The largest absolute Gasteiger partial charge is 0.478 e. The maximum atomic E-state index is 10.6. The van der Waals surface area contributed by atoms with E-state index < -0.39 is 11.9 Å². The van der Waals surface area contributed by atoms with E-state index >= 15 is 0 Å². The molecule has 4 nitrogen and oxygen atoms in total. The Hall–Kier alpha value is -1.26. The molecular formula is C8H4Cl2O4. The van der Waals surface area contributed by atoms with E-state index in [0.29, 0.717) is 0 Å². The van der Waals surface area contributed by atoms with Crippen LogP contribution in [0, 0.1) is 0 Å². The highest BCUT2D eigenvalue weighted by Gasteiger charge is 2.17. The van der Waals surface area contributed by atoms with Gasteiger partial charge in [-0.25, -0.2) is 9.59 Å². The normalized spacial score (nSPS) is 9.86. The first kappa shape index (κ1) is 10.8. The van der Waals surface area contributed by atoms with Crippen molar-refractivity contribution in [1.82, 2.24) is 0 Å². The van der Waals surface area contributed by atoms with Crippen LogP contribution in [-0.2, 0) is 0 Å². The summed E-state index contributed by atoms with van der Waals surface area (Å²) in [5.41, 5.74) is -0.441. The smallest absolute Gasteiger partial charge is 0.337 e. The predicted octanol–water partition coefficient (Wildman–Crippen LogP) is 2.39. The van der Waals surface area contributed by atoms with Crippen molar-refractivity contribution in [1.29, 1.82) is 0 Å². The molecule has 74 valence electrons. The van der Waals surface area contributed by atoms with Gasteiger partial charge in [-0.2, -0.15) is 0 Å². The van der Waals surface area contributed by atoms with Crippen LogP contribution in [0.2, 0.25) is 10.0 Å². The Kier molecular flexibility index (Phi) is 2.98. The molecule has 2 N–H and O–H groups in total. The predicted molar refractivity (Wildman–Crippen MR) is 50.4 cm³/mol. The second-order valence-electron chi connectivity index (χ2n) is 2.40. The molecule has 0 aliphatic carbocycles. The number of carboxylic acids is 2. The number of hydrogen-bond acceptors (Lipinski definition) is 2. The highest BCUT2D eigenvalue weighted by molar-refractivity contribution is 6.45. The summed E-state index contributed by atoms with van der Waals surface area (Å²) in [4.78, 5) is 21.1. The van der Waals surface area contributed by atoms with Crippen LogP contribution in [0.25, 0.3) is 0 Å². The number of halogens is 2. The van der Waals surface area contributed by atoms with Crippen molar-refractivity contribution in [3.63, 3.8) is 0 Å². The van der Waals surface area contributed by atoms with Crippen molar-refractivity contribution < 1.29 is 19.8 Å². The highest BCUT2D eigenvalue weighted by Crippen LogP contribution is 2.29. The Morgan fingerprint density at radius 3 is 1.43 bits per heavy atom. The molecule has 0 saturated carbocycles. The zero-order valence-electron chi connectivity index (χ0n) is 6.62. The molecule has 1 rings (SSSR count). The lowest BCUT2D eigenvalue weighted by atomic mass is 10.1. The number of carbonyl (C=O) groups is 2. The lowest BCUT2D eigenvalue weighted by molar-refractivity contribution is 0.0681. The van der Waals surface area contributed by atoms with Gasteiger partial charge in [0.15, 0.2) is 0 Å². The zero-order chi connectivity index (χ0) is 10.9. The van der Waals surface area contributed by atoms with Crippen LogP contribution in [0.5, 0.6) is 0 Å².